The minimum Gasteiger partial charge on any atom is -0.497 e. The molecule has 0 aliphatic heterocycles. The maximum absolute atomic E-state index is 5.34. The zero-order chi connectivity index (χ0) is 13.8. The zero-order valence-electron chi connectivity index (χ0n) is 11.5. The van der Waals surface area contributed by atoms with Gasteiger partial charge < -0.3 is 14.8 Å². The summed E-state index contributed by atoms with van der Waals surface area (Å²) in [6.07, 6.45) is 1.76. The van der Waals surface area contributed by atoms with Gasteiger partial charge >= 0.3 is 0 Å². The number of nitrogens with one attached hydrogen (secondary N) is 1. The van der Waals surface area contributed by atoms with Gasteiger partial charge in [0, 0.05) is 7.05 Å². The first-order chi connectivity index (χ1) is 9.19. The summed E-state index contributed by atoms with van der Waals surface area (Å²) < 4.78 is 10.6. The Morgan fingerprint density at radius 1 is 1.16 bits per heavy atom. The molecule has 0 amide bonds. The Labute approximate surface area is 112 Å². The van der Waals surface area contributed by atoms with E-state index in [1.54, 1.807) is 20.4 Å². The molecule has 1 aromatic heterocycles. The smallest absolute Gasteiger partial charge is 0.163 e. The van der Waals surface area contributed by atoms with Crippen molar-refractivity contribution in [1.29, 1.82) is 0 Å². The van der Waals surface area contributed by atoms with Crippen molar-refractivity contribution in [3.8, 4) is 22.9 Å². The van der Waals surface area contributed by atoms with Gasteiger partial charge in [-0.2, -0.15) is 0 Å². The SMILES string of the molecule is CNc1cnc(-c2cc(OC)ccc2OC)nc1C. The molecular formula is C14H17N3O2. The van der Waals surface area contributed by atoms with Crippen molar-refractivity contribution >= 4 is 5.69 Å². The van der Waals surface area contributed by atoms with Crippen LogP contribution < -0.4 is 14.8 Å². The molecule has 0 atom stereocenters. The molecule has 0 aliphatic carbocycles. The van der Waals surface area contributed by atoms with Gasteiger partial charge in [-0.1, -0.05) is 0 Å². The molecule has 100 valence electrons. The lowest BCUT2D eigenvalue weighted by Gasteiger charge is -2.11. The summed E-state index contributed by atoms with van der Waals surface area (Å²) in [5, 5.41) is 3.04. The summed E-state index contributed by atoms with van der Waals surface area (Å²) in [6.45, 7) is 1.93. The fraction of sp³-hybridized carbons (Fsp3) is 0.286. The Hall–Kier alpha value is -2.30. The molecule has 1 aromatic carbocycles. The molecule has 19 heavy (non-hydrogen) atoms. The maximum Gasteiger partial charge on any atom is 0.163 e. The third-order valence-electron chi connectivity index (χ3n) is 2.90. The first kappa shape index (κ1) is 13.1. The van der Waals surface area contributed by atoms with Gasteiger partial charge in [-0.3, -0.25) is 0 Å². The number of aromatic nitrogens is 2. The van der Waals surface area contributed by atoms with Gasteiger partial charge in [0.05, 0.1) is 37.4 Å². The van der Waals surface area contributed by atoms with E-state index in [0.717, 1.165) is 28.4 Å². The van der Waals surface area contributed by atoms with Gasteiger partial charge in [0.25, 0.3) is 0 Å². The quantitative estimate of drug-likeness (QED) is 0.914. The van der Waals surface area contributed by atoms with Gasteiger partial charge in [0.2, 0.25) is 0 Å². The van der Waals surface area contributed by atoms with Gasteiger partial charge in [-0.15, -0.1) is 0 Å². The Bertz CT molecular complexity index is 585. The van der Waals surface area contributed by atoms with E-state index in [0.29, 0.717) is 5.82 Å². The second-order valence-electron chi connectivity index (χ2n) is 4.01. The summed E-state index contributed by atoms with van der Waals surface area (Å²) >= 11 is 0. The maximum atomic E-state index is 5.34. The number of hydrogen-bond donors (Lipinski definition) is 1. The number of ether oxygens (including phenoxy) is 2. The van der Waals surface area contributed by atoms with E-state index in [2.05, 4.69) is 15.3 Å². The summed E-state index contributed by atoms with van der Waals surface area (Å²) in [7, 11) is 5.10. The molecule has 0 saturated heterocycles. The van der Waals surface area contributed by atoms with Crippen LogP contribution in [0.15, 0.2) is 24.4 Å². The predicted octanol–water partition coefficient (Wildman–Crippen LogP) is 2.51. The largest absolute Gasteiger partial charge is 0.497 e. The first-order valence-electron chi connectivity index (χ1n) is 5.93. The molecule has 0 saturated carbocycles. The highest BCUT2D eigenvalue weighted by atomic mass is 16.5. The first-order valence-corrected chi connectivity index (χ1v) is 5.93. The van der Waals surface area contributed by atoms with Crippen molar-refractivity contribution in [2.24, 2.45) is 0 Å². The zero-order valence-corrected chi connectivity index (χ0v) is 11.5. The monoisotopic (exact) mass is 259 g/mol. The highest BCUT2D eigenvalue weighted by Crippen LogP contribution is 2.31. The van der Waals surface area contributed by atoms with Crippen LogP contribution in [-0.4, -0.2) is 31.2 Å². The Morgan fingerprint density at radius 3 is 2.53 bits per heavy atom. The predicted molar refractivity (Wildman–Crippen MR) is 74.9 cm³/mol. The normalized spacial score (nSPS) is 10.1. The number of methoxy groups -OCH3 is 2. The van der Waals surface area contributed by atoms with Crippen LogP contribution in [0.4, 0.5) is 5.69 Å². The van der Waals surface area contributed by atoms with Gasteiger partial charge in [0.15, 0.2) is 5.82 Å². The van der Waals surface area contributed by atoms with Crippen molar-refractivity contribution in [3.63, 3.8) is 0 Å². The van der Waals surface area contributed by atoms with Crippen LogP contribution in [0.2, 0.25) is 0 Å². The van der Waals surface area contributed by atoms with Crippen molar-refractivity contribution in [3.05, 3.63) is 30.1 Å². The summed E-state index contributed by atoms with van der Waals surface area (Å²) in [6, 6.07) is 5.56. The lowest BCUT2D eigenvalue weighted by atomic mass is 10.1. The molecule has 5 heteroatoms. The number of benzene rings is 1. The average molecular weight is 259 g/mol. The Morgan fingerprint density at radius 2 is 1.95 bits per heavy atom. The number of hydrogen-bond acceptors (Lipinski definition) is 5. The van der Waals surface area contributed by atoms with E-state index < -0.39 is 0 Å². The van der Waals surface area contributed by atoms with E-state index in [4.69, 9.17) is 9.47 Å². The van der Waals surface area contributed by atoms with Crippen LogP contribution in [0.5, 0.6) is 11.5 Å². The molecule has 0 fully saturated rings. The molecule has 1 N–H and O–H groups in total. The fourth-order valence-corrected chi connectivity index (χ4v) is 1.83. The summed E-state index contributed by atoms with van der Waals surface area (Å²) in [5.41, 5.74) is 2.61. The van der Waals surface area contributed by atoms with E-state index in [9.17, 15) is 0 Å². The Balaban J connectivity index is 2.53. The summed E-state index contributed by atoms with van der Waals surface area (Å²) in [4.78, 5) is 8.84. The highest BCUT2D eigenvalue weighted by molar-refractivity contribution is 5.67. The Kier molecular flexibility index (Phi) is 3.85. The molecule has 0 spiro atoms. The molecule has 2 aromatic rings. The van der Waals surface area contributed by atoms with Crippen molar-refractivity contribution in [1.82, 2.24) is 9.97 Å². The minimum absolute atomic E-state index is 0.618. The van der Waals surface area contributed by atoms with E-state index >= 15 is 0 Å². The van der Waals surface area contributed by atoms with Crippen LogP contribution in [0, 0.1) is 6.92 Å². The lowest BCUT2D eigenvalue weighted by Crippen LogP contribution is -2.00. The van der Waals surface area contributed by atoms with E-state index in [1.165, 1.54) is 0 Å². The lowest BCUT2D eigenvalue weighted by molar-refractivity contribution is 0.404. The number of anilines is 1. The standard InChI is InChI=1S/C14H17N3O2/c1-9-12(15-2)8-16-14(17-9)11-7-10(18-3)5-6-13(11)19-4/h5-8,15H,1-4H3. The average Bonchev–Trinajstić information content (AvgIpc) is 2.46. The van der Waals surface area contributed by atoms with Crippen molar-refractivity contribution in [2.45, 2.75) is 6.92 Å². The molecule has 5 nitrogen and oxygen atoms in total. The van der Waals surface area contributed by atoms with Crippen molar-refractivity contribution in [2.75, 3.05) is 26.6 Å². The second-order valence-corrected chi connectivity index (χ2v) is 4.01. The third kappa shape index (κ3) is 2.59. The van der Waals surface area contributed by atoms with Crippen LogP contribution in [0.3, 0.4) is 0 Å². The molecule has 1 heterocycles. The molecule has 0 bridgehead atoms. The second kappa shape index (κ2) is 5.56. The number of aryl methyl sites for hydroxylation is 1. The minimum atomic E-state index is 0.618. The molecule has 0 radical (unpaired) electrons. The number of nitrogens with zero attached hydrogens (tertiary/aromatic N) is 2. The molecule has 0 aliphatic rings. The van der Waals surface area contributed by atoms with Crippen LogP contribution >= 0.6 is 0 Å². The fourth-order valence-electron chi connectivity index (χ4n) is 1.83. The molecule has 0 unspecified atom stereocenters. The van der Waals surface area contributed by atoms with Crippen LogP contribution in [0.25, 0.3) is 11.4 Å². The molecular weight excluding hydrogens is 242 g/mol. The topological polar surface area (TPSA) is 56.3 Å². The molecule has 2 rings (SSSR count). The van der Waals surface area contributed by atoms with Gasteiger partial charge in [-0.05, 0) is 25.1 Å². The number of rotatable bonds is 4. The third-order valence-corrected chi connectivity index (χ3v) is 2.90. The van der Waals surface area contributed by atoms with Crippen LogP contribution in [-0.2, 0) is 0 Å². The highest BCUT2D eigenvalue weighted by Gasteiger charge is 2.11. The van der Waals surface area contributed by atoms with Crippen LogP contribution in [0.1, 0.15) is 5.69 Å². The van der Waals surface area contributed by atoms with Gasteiger partial charge in [-0.25, -0.2) is 9.97 Å². The van der Waals surface area contributed by atoms with E-state index in [1.807, 2.05) is 32.2 Å². The van der Waals surface area contributed by atoms with E-state index in [-0.39, 0.29) is 0 Å². The summed E-state index contributed by atoms with van der Waals surface area (Å²) in [5.74, 6) is 2.08. The van der Waals surface area contributed by atoms with Gasteiger partial charge in [0.1, 0.15) is 11.5 Å². The van der Waals surface area contributed by atoms with Crippen molar-refractivity contribution < 1.29 is 9.47 Å².